The number of rotatable bonds is 11. The van der Waals surface area contributed by atoms with Crippen molar-refractivity contribution in [1.29, 1.82) is 0 Å². The molecule has 3 aliphatic rings. The lowest BCUT2D eigenvalue weighted by atomic mass is 9.76. The third kappa shape index (κ3) is 11.8. The van der Waals surface area contributed by atoms with E-state index in [4.69, 9.17) is 28.4 Å². The predicted octanol–water partition coefficient (Wildman–Crippen LogP) is 2.43. The van der Waals surface area contributed by atoms with Crippen molar-refractivity contribution in [2.45, 2.75) is 178 Å². The largest absolute Gasteiger partial charge is 0.459 e. The SMILES string of the molecule is COC1(C)CC(O[C@H]2C[C@@H](OC3OC(C)CC(N(C)C)C3O)[C@](C)(O)C[C@@H](C)C(=O)[C@H](C)[C@@H](O)[C@](C)(O)[C@@H](CCNC(=O)Cc3cncc4ccccc34)OC(=O)[C@@H]2C)OC(C)C1O. The van der Waals surface area contributed by atoms with E-state index in [2.05, 4.69) is 10.3 Å². The second-order valence-electron chi connectivity index (χ2n) is 19.4. The number of nitrogens with one attached hydrogen (secondary N) is 1. The third-order valence-corrected chi connectivity index (χ3v) is 13.9. The van der Waals surface area contributed by atoms with Crippen LogP contribution in [0.1, 0.15) is 93.1 Å². The zero-order chi connectivity index (χ0) is 47.5. The molecule has 17 heteroatoms. The van der Waals surface area contributed by atoms with Gasteiger partial charge < -0.3 is 64.2 Å². The quantitative estimate of drug-likeness (QED) is 0.178. The second kappa shape index (κ2) is 21.2. The van der Waals surface area contributed by atoms with Crippen LogP contribution >= 0.6 is 0 Å². The van der Waals surface area contributed by atoms with E-state index in [1.807, 2.05) is 50.2 Å². The van der Waals surface area contributed by atoms with Crippen molar-refractivity contribution in [2.75, 3.05) is 27.7 Å². The summed E-state index contributed by atoms with van der Waals surface area (Å²) in [6.07, 6.45) is -7.82. The molecule has 17 atom stereocenters. The van der Waals surface area contributed by atoms with E-state index in [1.54, 1.807) is 40.1 Å². The molecule has 3 saturated heterocycles. The molecule has 5 rings (SSSR count). The molecule has 1 amide bonds. The summed E-state index contributed by atoms with van der Waals surface area (Å²) in [4.78, 5) is 48.1. The highest BCUT2D eigenvalue weighted by molar-refractivity contribution is 5.89. The van der Waals surface area contributed by atoms with E-state index < -0.39 is 102 Å². The number of aliphatic hydroxyl groups excluding tert-OH is 3. The summed E-state index contributed by atoms with van der Waals surface area (Å²) in [5.74, 6) is -4.97. The molecule has 0 aliphatic carbocycles. The summed E-state index contributed by atoms with van der Waals surface area (Å²) < 4.78 is 37.3. The molecule has 4 heterocycles. The first-order valence-electron chi connectivity index (χ1n) is 22.5. The highest BCUT2D eigenvalue weighted by Crippen LogP contribution is 2.39. The van der Waals surface area contributed by atoms with Crippen molar-refractivity contribution in [1.82, 2.24) is 15.2 Å². The number of aromatic nitrogens is 1. The minimum Gasteiger partial charge on any atom is -0.459 e. The Morgan fingerprint density at radius 1 is 0.922 bits per heavy atom. The number of benzene rings is 1. The molecule has 0 spiro atoms. The van der Waals surface area contributed by atoms with Crippen LogP contribution in [0, 0.1) is 17.8 Å². The van der Waals surface area contributed by atoms with Gasteiger partial charge in [0.2, 0.25) is 5.91 Å². The number of carbonyl (C=O) groups is 3. The highest BCUT2D eigenvalue weighted by atomic mass is 16.7. The van der Waals surface area contributed by atoms with Gasteiger partial charge in [-0.2, -0.15) is 0 Å². The van der Waals surface area contributed by atoms with Gasteiger partial charge in [0.1, 0.15) is 29.7 Å². The number of amides is 1. The van der Waals surface area contributed by atoms with E-state index in [-0.39, 0.29) is 56.7 Å². The molecule has 17 nitrogen and oxygen atoms in total. The van der Waals surface area contributed by atoms with Gasteiger partial charge in [-0.3, -0.25) is 19.4 Å². The Bertz CT molecular complexity index is 1890. The average molecular weight is 904 g/mol. The Morgan fingerprint density at radius 3 is 2.28 bits per heavy atom. The van der Waals surface area contributed by atoms with Crippen LogP contribution in [0.2, 0.25) is 0 Å². The molecule has 360 valence electrons. The Hall–Kier alpha value is -3.20. The summed E-state index contributed by atoms with van der Waals surface area (Å²) in [5, 5.41) is 63.4. The number of nitrogens with zero attached hydrogens (tertiary/aromatic N) is 2. The van der Waals surface area contributed by atoms with Crippen LogP contribution in [-0.4, -0.2) is 165 Å². The van der Waals surface area contributed by atoms with Gasteiger partial charge in [-0.1, -0.05) is 38.1 Å². The third-order valence-electron chi connectivity index (χ3n) is 13.9. The van der Waals surface area contributed by atoms with E-state index in [0.29, 0.717) is 12.0 Å². The maximum absolute atomic E-state index is 14.5. The van der Waals surface area contributed by atoms with Crippen LogP contribution in [0.3, 0.4) is 0 Å². The fourth-order valence-electron chi connectivity index (χ4n) is 9.57. The number of aliphatic hydroxyl groups is 5. The van der Waals surface area contributed by atoms with Gasteiger partial charge in [0, 0.05) is 68.6 Å². The molecular weight excluding hydrogens is 831 g/mol. The van der Waals surface area contributed by atoms with Gasteiger partial charge in [0.15, 0.2) is 12.6 Å². The Balaban J connectivity index is 1.49. The monoisotopic (exact) mass is 904 g/mol. The number of ether oxygens (including phenoxy) is 6. The van der Waals surface area contributed by atoms with Crippen LogP contribution in [0.15, 0.2) is 36.7 Å². The zero-order valence-corrected chi connectivity index (χ0v) is 39.3. The Labute approximate surface area is 377 Å². The average Bonchev–Trinajstić information content (AvgIpc) is 3.23. The first-order chi connectivity index (χ1) is 29.9. The molecule has 64 heavy (non-hydrogen) atoms. The first-order valence-corrected chi connectivity index (χ1v) is 22.5. The first kappa shape index (κ1) is 51.8. The molecule has 1 aromatic heterocycles. The number of esters is 1. The van der Waals surface area contributed by atoms with Crippen LogP contribution in [-0.2, 0) is 49.2 Å². The van der Waals surface area contributed by atoms with Gasteiger partial charge in [-0.05, 0) is 79.4 Å². The maximum Gasteiger partial charge on any atom is 0.311 e. The van der Waals surface area contributed by atoms with E-state index in [0.717, 1.165) is 10.8 Å². The minimum absolute atomic E-state index is 0.00293. The number of fused-ring (bicyclic) bond motifs is 1. The molecule has 6 N–H and O–H groups in total. The van der Waals surface area contributed by atoms with Crippen LogP contribution in [0.4, 0.5) is 0 Å². The number of methoxy groups -OCH3 is 1. The fraction of sp³-hybridized carbons (Fsp3) is 0.745. The highest BCUT2D eigenvalue weighted by Gasteiger charge is 2.52. The van der Waals surface area contributed by atoms with Crippen molar-refractivity contribution < 1.29 is 68.3 Å². The topological polar surface area (TPSA) is 236 Å². The van der Waals surface area contributed by atoms with E-state index >= 15 is 0 Å². The van der Waals surface area contributed by atoms with Gasteiger partial charge in [0.05, 0.1) is 54.1 Å². The lowest BCUT2D eigenvalue weighted by Gasteiger charge is -2.47. The standard InChI is InChI=1S/C47H73N3O14/c1-25-21-45(6,57)36(64-44-40(53)33(50(9)10)18-26(2)60-44)20-34(62-38-22-46(7,59-11)42(55)29(5)61-38)27(3)43(56)63-35(47(8,58)41(54)28(4)39(25)52)16-17-49-37(51)19-31-24-48-23-30-14-12-13-15-32(30)31/h12-15,23-29,33-36,38,40-42,44,53-55,57-58H,16-22H2,1-11H3,(H,49,51)/t25-,26?,27-,28+,29?,33?,34+,35-,36-,38?,40?,41-,42?,44?,45-,46?,47-/m1/s1. The molecule has 0 saturated carbocycles. The predicted molar refractivity (Wildman–Crippen MR) is 234 cm³/mol. The smallest absolute Gasteiger partial charge is 0.311 e. The van der Waals surface area contributed by atoms with Crippen LogP contribution in [0.5, 0.6) is 0 Å². The number of ketones is 1. The number of hydrogen-bond donors (Lipinski definition) is 6. The number of hydrogen-bond acceptors (Lipinski definition) is 16. The summed E-state index contributed by atoms with van der Waals surface area (Å²) >= 11 is 0. The van der Waals surface area contributed by atoms with Gasteiger partial charge >= 0.3 is 5.97 Å². The zero-order valence-electron chi connectivity index (χ0n) is 39.3. The lowest BCUT2D eigenvalue weighted by Crippen LogP contribution is -2.59. The van der Waals surface area contributed by atoms with E-state index in [9.17, 15) is 39.9 Å². The summed E-state index contributed by atoms with van der Waals surface area (Å²) in [6.45, 7) is 12.5. The number of likely N-dealkylation sites (N-methyl/N-ethyl adjacent to an activating group) is 1. The van der Waals surface area contributed by atoms with Crippen LogP contribution < -0.4 is 5.32 Å². The maximum atomic E-state index is 14.5. The molecule has 1 aromatic carbocycles. The van der Waals surface area contributed by atoms with Crippen molar-refractivity contribution in [3.63, 3.8) is 0 Å². The van der Waals surface area contributed by atoms with Crippen molar-refractivity contribution in [3.8, 4) is 0 Å². The molecule has 3 fully saturated rings. The molecular formula is C47H73N3O14. The molecule has 0 radical (unpaired) electrons. The number of Topliss-reactive ketones (excluding diaryl/α,β-unsaturated/α-hetero) is 1. The summed E-state index contributed by atoms with van der Waals surface area (Å²) in [7, 11) is 5.13. The Morgan fingerprint density at radius 2 is 1.61 bits per heavy atom. The molecule has 0 bridgehead atoms. The normalized spacial score (nSPS) is 40.8. The van der Waals surface area contributed by atoms with Crippen molar-refractivity contribution in [3.05, 3.63) is 42.2 Å². The molecule has 2 aromatic rings. The molecule has 8 unspecified atom stereocenters. The number of pyridine rings is 1. The lowest BCUT2D eigenvalue weighted by molar-refractivity contribution is -0.308. The van der Waals surface area contributed by atoms with Gasteiger partial charge in [-0.15, -0.1) is 0 Å². The second-order valence-corrected chi connectivity index (χ2v) is 19.4. The number of cyclic esters (lactones) is 1. The summed E-state index contributed by atoms with van der Waals surface area (Å²) in [6, 6.07) is 7.20. The fourth-order valence-corrected chi connectivity index (χ4v) is 9.57. The number of carbonyl (C=O) groups excluding carboxylic acids is 3. The summed E-state index contributed by atoms with van der Waals surface area (Å²) in [5.41, 5.74) is -4.45. The van der Waals surface area contributed by atoms with E-state index in [1.165, 1.54) is 27.9 Å². The molecule has 3 aliphatic heterocycles. The Kier molecular flexibility index (Phi) is 17.1. The van der Waals surface area contributed by atoms with Crippen LogP contribution in [0.25, 0.3) is 10.8 Å². The minimum atomic E-state index is -2.21. The van der Waals surface area contributed by atoms with Crippen molar-refractivity contribution in [2.24, 2.45) is 17.8 Å². The van der Waals surface area contributed by atoms with Gasteiger partial charge in [-0.25, -0.2) is 0 Å². The van der Waals surface area contributed by atoms with Crippen molar-refractivity contribution >= 4 is 28.4 Å². The van der Waals surface area contributed by atoms with Gasteiger partial charge in [0.25, 0.3) is 0 Å².